The minimum atomic E-state index is -1.09. The summed E-state index contributed by atoms with van der Waals surface area (Å²) in [4.78, 5) is 44.8. The maximum atomic E-state index is 9.98. The Morgan fingerprint density at radius 2 is 0.485 bits per heavy atom. The van der Waals surface area contributed by atoms with E-state index in [-0.39, 0.29) is 21.1 Å². The van der Waals surface area contributed by atoms with Crippen molar-refractivity contribution in [2.75, 3.05) is 52.4 Å². The summed E-state index contributed by atoms with van der Waals surface area (Å²) in [6, 6.07) is 0. The van der Waals surface area contributed by atoms with Crippen molar-refractivity contribution in [3.8, 4) is 0 Å². The molecule has 0 saturated carbocycles. The fraction of sp³-hybridized carbons (Fsp3) is 0.800. The standard InChI is InChI=1S/4C5H11NO2.Mo/c4*1-3-6(4-2)5(7)8;/h4*3-4H2,1-2H3,(H,7,8);/q;;;;+4/p-4. The summed E-state index contributed by atoms with van der Waals surface area (Å²) in [5.74, 6) is 0. The zero-order valence-corrected chi connectivity index (χ0v) is 23.1. The maximum Gasteiger partial charge on any atom is 4.00 e. The number of amides is 4. The number of rotatable bonds is 8. The van der Waals surface area contributed by atoms with Crippen molar-refractivity contribution in [1.29, 1.82) is 0 Å². The minimum Gasteiger partial charge on any atom is -0.530 e. The van der Waals surface area contributed by atoms with Crippen LogP contribution in [0.3, 0.4) is 0 Å². The Bertz CT molecular complexity index is 408. The van der Waals surface area contributed by atoms with Gasteiger partial charge in [0.2, 0.25) is 0 Å². The molecule has 0 bridgehead atoms. The van der Waals surface area contributed by atoms with Crippen LogP contribution in [0.1, 0.15) is 55.4 Å². The average molecular weight is 561 g/mol. The molecule has 0 fully saturated rings. The molecule has 0 rings (SSSR count). The normalized spacial score (nSPS) is 8.48. The third kappa shape index (κ3) is 25.9. The van der Waals surface area contributed by atoms with Crippen LogP contribution in [0.2, 0.25) is 0 Å². The molecule has 12 nitrogen and oxygen atoms in total. The van der Waals surface area contributed by atoms with Gasteiger partial charge >= 0.3 is 21.1 Å². The van der Waals surface area contributed by atoms with Crippen molar-refractivity contribution >= 4 is 24.4 Å². The van der Waals surface area contributed by atoms with E-state index in [1.165, 1.54) is 19.6 Å². The number of hydrogen-bond acceptors (Lipinski definition) is 8. The number of carboxylic acid groups (broad SMARTS) is 4. The fourth-order valence-corrected chi connectivity index (χ4v) is 1.93. The molecule has 0 saturated heterocycles. The summed E-state index contributed by atoms with van der Waals surface area (Å²) in [7, 11) is 0. The van der Waals surface area contributed by atoms with E-state index in [2.05, 4.69) is 0 Å². The molecule has 0 unspecified atom stereocenters. The smallest absolute Gasteiger partial charge is 0.530 e. The largest absolute Gasteiger partial charge is 4.00 e. The predicted molar refractivity (Wildman–Crippen MR) is 113 cm³/mol. The van der Waals surface area contributed by atoms with Crippen LogP contribution in [-0.4, -0.2) is 96.3 Å². The van der Waals surface area contributed by atoms with Crippen LogP contribution in [-0.2, 0) is 21.1 Å². The van der Waals surface area contributed by atoms with Gasteiger partial charge in [-0.05, 0) is 55.4 Å². The Hall–Kier alpha value is -2.23. The molecule has 0 aromatic heterocycles. The van der Waals surface area contributed by atoms with E-state index in [0.717, 1.165) is 0 Å². The third-order valence-electron chi connectivity index (χ3n) is 4.09. The van der Waals surface area contributed by atoms with Crippen molar-refractivity contribution in [2.24, 2.45) is 0 Å². The molecule has 13 heteroatoms. The third-order valence-corrected chi connectivity index (χ3v) is 4.09. The van der Waals surface area contributed by atoms with Crippen LogP contribution in [0, 0.1) is 0 Å². The Balaban J connectivity index is -0.000000105. The van der Waals surface area contributed by atoms with Crippen molar-refractivity contribution in [3.05, 3.63) is 0 Å². The first-order valence-electron chi connectivity index (χ1n) is 10.7. The van der Waals surface area contributed by atoms with Crippen molar-refractivity contribution in [2.45, 2.75) is 55.4 Å². The molecular formula is C20H40MoN4O8. The van der Waals surface area contributed by atoms with Gasteiger partial charge in [-0.2, -0.15) is 0 Å². The first kappa shape index (κ1) is 41.1. The summed E-state index contributed by atoms with van der Waals surface area (Å²) in [6.07, 6.45) is -4.35. The van der Waals surface area contributed by atoms with Crippen molar-refractivity contribution < 1.29 is 60.7 Å². The Labute approximate surface area is 212 Å². The zero-order chi connectivity index (χ0) is 26.3. The van der Waals surface area contributed by atoms with Gasteiger partial charge < -0.3 is 59.2 Å². The maximum absolute atomic E-state index is 9.98. The average Bonchev–Trinajstić information content (AvgIpc) is 2.72. The number of hydrogen-bond donors (Lipinski definition) is 0. The van der Waals surface area contributed by atoms with Crippen LogP contribution in [0.4, 0.5) is 19.2 Å². The van der Waals surface area contributed by atoms with Crippen molar-refractivity contribution in [1.82, 2.24) is 19.6 Å². The monoisotopic (exact) mass is 562 g/mol. The van der Waals surface area contributed by atoms with Gasteiger partial charge in [0.25, 0.3) is 0 Å². The van der Waals surface area contributed by atoms with Crippen LogP contribution in [0.15, 0.2) is 0 Å². The SMILES string of the molecule is CCN(CC)C(=O)[O-].CCN(CC)C(=O)[O-].CCN(CC)C(=O)[O-].CCN(CC)C(=O)[O-].[Mo+4]. The molecule has 194 valence electrons. The van der Waals surface area contributed by atoms with E-state index >= 15 is 0 Å². The van der Waals surface area contributed by atoms with E-state index in [4.69, 9.17) is 0 Å². The van der Waals surface area contributed by atoms with Gasteiger partial charge in [-0.15, -0.1) is 0 Å². The van der Waals surface area contributed by atoms with Crippen LogP contribution in [0.5, 0.6) is 0 Å². The summed E-state index contributed by atoms with van der Waals surface area (Å²) in [5.41, 5.74) is 0. The number of nitrogens with zero attached hydrogens (tertiary/aromatic N) is 4. The van der Waals surface area contributed by atoms with Crippen LogP contribution in [0.25, 0.3) is 0 Å². The molecule has 0 atom stereocenters. The molecule has 0 aliphatic carbocycles. The first-order chi connectivity index (χ1) is 14.9. The molecule has 0 aromatic rings. The van der Waals surface area contributed by atoms with Gasteiger partial charge in [0.1, 0.15) is 24.4 Å². The van der Waals surface area contributed by atoms with Crippen LogP contribution >= 0.6 is 0 Å². The molecule has 0 radical (unpaired) electrons. The molecule has 0 heterocycles. The van der Waals surface area contributed by atoms with Gasteiger partial charge in [-0.25, -0.2) is 0 Å². The minimum absolute atomic E-state index is 0. The van der Waals surface area contributed by atoms with E-state index in [1.54, 1.807) is 55.4 Å². The molecule has 33 heavy (non-hydrogen) atoms. The summed E-state index contributed by atoms with van der Waals surface area (Å²) < 4.78 is 0. The molecule has 0 spiro atoms. The van der Waals surface area contributed by atoms with Gasteiger partial charge in [0.05, 0.1) is 0 Å². The quantitative estimate of drug-likeness (QED) is 0.329. The molecular weight excluding hydrogens is 520 g/mol. The zero-order valence-electron chi connectivity index (χ0n) is 21.1. The first-order valence-corrected chi connectivity index (χ1v) is 10.7. The summed E-state index contributed by atoms with van der Waals surface area (Å²) in [5, 5.41) is 39.9. The summed E-state index contributed by atoms with van der Waals surface area (Å²) in [6.45, 7) is 18.3. The topological polar surface area (TPSA) is 173 Å². The number of carbonyl (C=O) groups is 4. The number of carbonyl (C=O) groups excluding carboxylic acids is 4. The molecule has 0 aliphatic heterocycles. The second-order valence-corrected chi connectivity index (χ2v) is 5.75. The molecule has 0 N–H and O–H groups in total. The second-order valence-electron chi connectivity index (χ2n) is 5.75. The predicted octanol–water partition coefficient (Wildman–Crippen LogP) is -1.32. The fourth-order valence-electron chi connectivity index (χ4n) is 1.93. The van der Waals surface area contributed by atoms with Gasteiger partial charge in [0.15, 0.2) is 0 Å². The van der Waals surface area contributed by atoms with E-state index in [1.807, 2.05) is 0 Å². The van der Waals surface area contributed by atoms with Gasteiger partial charge in [-0.3, -0.25) is 0 Å². The molecule has 0 aliphatic rings. The summed E-state index contributed by atoms with van der Waals surface area (Å²) >= 11 is 0. The van der Waals surface area contributed by atoms with Gasteiger partial charge in [0, 0.05) is 52.4 Å². The molecule has 0 aromatic carbocycles. The Morgan fingerprint density at radius 1 is 0.394 bits per heavy atom. The van der Waals surface area contributed by atoms with E-state index < -0.39 is 24.4 Å². The van der Waals surface area contributed by atoms with E-state index in [9.17, 15) is 39.6 Å². The van der Waals surface area contributed by atoms with Crippen molar-refractivity contribution in [3.63, 3.8) is 0 Å². The Kier molecular flexibility index (Phi) is 34.6. The molecule has 4 amide bonds. The van der Waals surface area contributed by atoms with Gasteiger partial charge in [-0.1, -0.05) is 0 Å². The van der Waals surface area contributed by atoms with E-state index in [0.29, 0.717) is 52.4 Å². The second kappa shape index (κ2) is 27.8. The Morgan fingerprint density at radius 3 is 0.485 bits per heavy atom. The van der Waals surface area contributed by atoms with Crippen LogP contribution < -0.4 is 20.4 Å².